The van der Waals surface area contributed by atoms with Crippen LogP contribution in [0.5, 0.6) is 11.5 Å². The van der Waals surface area contributed by atoms with E-state index < -0.39 is 0 Å². The summed E-state index contributed by atoms with van der Waals surface area (Å²) in [5.74, 6) is 1.06. The van der Waals surface area contributed by atoms with E-state index in [1.165, 1.54) is 68.7 Å². The third-order valence-electron chi connectivity index (χ3n) is 5.32. The molecule has 32 heavy (non-hydrogen) atoms. The molecule has 0 saturated heterocycles. The molecule has 1 N–H and O–H groups in total. The lowest BCUT2D eigenvalue weighted by atomic mass is 10.1. The van der Waals surface area contributed by atoms with Gasteiger partial charge >= 0.3 is 0 Å². The lowest BCUT2D eigenvalue weighted by Crippen LogP contribution is -2.21. The average Bonchev–Trinajstić information content (AvgIpc) is 3.31. The van der Waals surface area contributed by atoms with E-state index in [1.54, 1.807) is 12.1 Å². The molecule has 0 spiro atoms. The van der Waals surface area contributed by atoms with Crippen LogP contribution >= 0.6 is 0 Å². The first-order chi connectivity index (χ1) is 15.7. The van der Waals surface area contributed by atoms with Crippen molar-refractivity contribution < 1.29 is 14.3 Å². The van der Waals surface area contributed by atoms with Crippen molar-refractivity contribution in [1.29, 1.82) is 0 Å². The number of aromatic nitrogens is 3. The van der Waals surface area contributed by atoms with Gasteiger partial charge in [-0.25, -0.2) is 4.68 Å². The molecule has 7 heteroatoms. The normalized spacial score (nSPS) is 10.8. The van der Waals surface area contributed by atoms with E-state index in [1.807, 2.05) is 6.07 Å². The molecule has 2 rings (SSSR count). The topological polar surface area (TPSA) is 78.3 Å². The number of rotatable bonds is 18. The third-order valence-corrected chi connectivity index (χ3v) is 5.32. The number of carbonyl (C=O) groups is 1. The highest BCUT2D eigenvalue weighted by Crippen LogP contribution is 2.24. The Morgan fingerprint density at radius 2 is 1.22 bits per heavy atom. The van der Waals surface area contributed by atoms with Crippen LogP contribution in [0.3, 0.4) is 0 Å². The van der Waals surface area contributed by atoms with Crippen molar-refractivity contribution in [2.45, 2.75) is 90.9 Å². The number of nitrogens with zero attached hydrogens (tertiary/aromatic N) is 3. The molecule has 0 saturated carbocycles. The van der Waals surface area contributed by atoms with Gasteiger partial charge in [0, 0.05) is 11.6 Å². The van der Waals surface area contributed by atoms with E-state index in [2.05, 4.69) is 29.5 Å². The lowest BCUT2D eigenvalue weighted by molar-refractivity contribution is 0.101. The number of benzene rings is 1. The minimum atomic E-state index is -0.265. The van der Waals surface area contributed by atoms with Crippen LogP contribution in [0.4, 0.5) is 0 Å². The summed E-state index contributed by atoms with van der Waals surface area (Å²) in [6, 6.07) is 5.40. The van der Waals surface area contributed by atoms with Gasteiger partial charge in [-0.2, -0.15) is 0 Å². The van der Waals surface area contributed by atoms with Crippen molar-refractivity contribution in [3.63, 3.8) is 0 Å². The Labute approximate surface area is 192 Å². The van der Waals surface area contributed by atoms with Crippen LogP contribution in [0.2, 0.25) is 0 Å². The van der Waals surface area contributed by atoms with Gasteiger partial charge in [0.15, 0.2) is 0 Å². The van der Waals surface area contributed by atoms with Crippen LogP contribution < -0.4 is 14.9 Å². The first kappa shape index (κ1) is 25.7. The zero-order chi connectivity index (χ0) is 22.9. The summed E-state index contributed by atoms with van der Waals surface area (Å²) < 4.78 is 13.3. The largest absolute Gasteiger partial charge is 0.493 e. The molecule has 1 heterocycles. The molecule has 0 aliphatic rings. The fourth-order valence-electron chi connectivity index (χ4n) is 3.45. The quantitative estimate of drug-likeness (QED) is 0.279. The van der Waals surface area contributed by atoms with Crippen LogP contribution in [-0.4, -0.2) is 34.0 Å². The van der Waals surface area contributed by atoms with Crippen molar-refractivity contribution in [1.82, 2.24) is 14.9 Å². The summed E-state index contributed by atoms with van der Waals surface area (Å²) in [5, 5.41) is 7.41. The van der Waals surface area contributed by atoms with Gasteiger partial charge in [-0.3, -0.25) is 10.2 Å². The van der Waals surface area contributed by atoms with Gasteiger partial charge in [-0.15, -0.1) is 10.2 Å². The monoisotopic (exact) mass is 444 g/mol. The Morgan fingerprint density at radius 3 is 1.72 bits per heavy atom. The van der Waals surface area contributed by atoms with Crippen LogP contribution in [0.25, 0.3) is 0 Å². The maximum Gasteiger partial charge on any atom is 0.270 e. The predicted octanol–water partition coefficient (Wildman–Crippen LogP) is 6.14. The average molecular weight is 445 g/mol. The second-order valence-corrected chi connectivity index (χ2v) is 8.24. The fourth-order valence-corrected chi connectivity index (χ4v) is 3.45. The Kier molecular flexibility index (Phi) is 12.9. The van der Waals surface area contributed by atoms with Crippen LogP contribution in [0, 0.1) is 0 Å². The van der Waals surface area contributed by atoms with E-state index >= 15 is 0 Å². The molecule has 0 aliphatic carbocycles. The molecular formula is C25H40N4O3. The minimum absolute atomic E-state index is 0.265. The van der Waals surface area contributed by atoms with Gasteiger partial charge in [0.2, 0.25) is 0 Å². The van der Waals surface area contributed by atoms with Crippen LogP contribution in [0.15, 0.2) is 30.9 Å². The van der Waals surface area contributed by atoms with E-state index in [0.29, 0.717) is 30.3 Å². The number of unbranched alkanes of at least 4 members (excludes halogenated alkanes) is 10. The van der Waals surface area contributed by atoms with Crippen molar-refractivity contribution >= 4 is 5.91 Å². The molecular weight excluding hydrogens is 404 g/mol. The zero-order valence-corrected chi connectivity index (χ0v) is 19.9. The van der Waals surface area contributed by atoms with Crippen molar-refractivity contribution in [2.75, 3.05) is 18.6 Å². The molecule has 2 aromatic rings. The van der Waals surface area contributed by atoms with Gasteiger partial charge in [0.05, 0.1) is 13.2 Å². The Bertz CT molecular complexity index is 713. The first-order valence-corrected chi connectivity index (χ1v) is 12.3. The SMILES string of the molecule is CCCCCCCCOc1cc(OCCCCCCCC)cc(C(=O)Nn2cnnc2)c1. The van der Waals surface area contributed by atoms with E-state index in [-0.39, 0.29) is 5.91 Å². The summed E-state index contributed by atoms with van der Waals surface area (Å²) in [4.78, 5) is 12.7. The fraction of sp³-hybridized carbons (Fsp3) is 0.640. The summed E-state index contributed by atoms with van der Waals surface area (Å²) >= 11 is 0. The maximum atomic E-state index is 12.7. The summed E-state index contributed by atoms with van der Waals surface area (Å²) in [5.41, 5.74) is 3.21. The van der Waals surface area contributed by atoms with Gasteiger partial charge in [0.25, 0.3) is 5.91 Å². The van der Waals surface area contributed by atoms with Crippen molar-refractivity contribution in [3.05, 3.63) is 36.4 Å². The summed E-state index contributed by atoms with van der Waals surface area (Å²) in [7, 11) is 0. The molecule has 178 valence electrons. The molecule has 0 bridgehead atoms. The molecule has 1 aromatic heterocycles. The Balaban J connectivity index is 1.89. The zero-order valence-electron chi connectivity index (χ0n) is 19.9. The lowest BCUT2D eigenvalue weighted by Gasteiger charge is -2.13. The summed E-state index contributed by atoms with van der Waals surface area (Å²) in [6.45, 7) is 5.72. The van der Waals surface area contributed by atoms with Crippen LogP contribution in [-0.2, 0) is 0 Å². The minimum Gasteiger partial charge on any atom is -0.493 e. The van der Waals surface area contributed by atoms with Gasteiger partial charge in [-0.05, 0) is 25.0 Å². The number of amides is 1. The molecule has 0 atom stereocenters. The number of ether oxygens (including phenoxy) is 2. The second kappa shape index (κ2) is 16.1. The molecule has 0 aliphatic heterocycles. The van der Waals surface area contributed by atoms with E-state index in [9.17, 15) is 4.79 Å². The highest BCUT2D eigenvalue weighted by molar-refractivity contribution is 6.00. The molecule has 1 amide bonds. The summed E-state index contributed by atoms with van der Waals surface area (Å²) in [6.07, 6.45) is 17.4. The number of carbonyl (C=O) groups excluding carboxylic acids is 1. The van der Waals surface area contributed by atoms with Gasteiger partial charge < -0.3 is 9.47 Å². The number of hydrogen-bond acceptors (Lipinski definition) is 5. The standard InChI is InChI=1S/C25H40N4O3/c1-3-5-7-9-11-13-15-31-23-17-22(25(30)28-29-20-26-27-21-29)18-24(19-23)32-16-14-12-10-8-6-4-2/h17-21H,3-16H2,1-2H3,(H,28,30). The van der Waals surface area contributed by atoms with E-state index in [0.717, 1.165) is 25.7 Å². The van der Waals surface area contributed by atoms with Gasteiger partial charge in [-0.1, -0.05) is 78.1 Å². The molecule has 0 unspecified atom stereocenters. The molecule has 7 nitrogen and oxygen atoms in total. The smallest absolute Gasteiger partial charge is 0.270 e. The van der Waals surface area contributed by atoms with Gasteiger partial charge in [0.1, 0.15) is 24.2 Å². The Morgan fingerprint density at radius 1 is 0.750 bits per heavy atom. The van der Waals surface area contributed by atoms with Crippen molar-refractivity contribution in [2.24, 2.45) is 0 Å². The van der Waals surface area contributed by atoms with E-state index in [4.69, 9.17) is 9.47 Å². The van der Waals surface area contributed by atoms with Crippen LogP contribution in [0.1, 0.15) is 101 Å². The predicted molar refractivity (Wildman–Crippen MR) is 128 cm³/mol. The maximum absolute atomic E-state index is 12.7. The molecule has 1 aromatic carbocycles. The highest BCUT2D eigenvalue weighted by Gasteiger charge is 2.11. The number of hydrogen-bond donors (Lipinski definition) is 1. The third kappa shape index (κ3) is 10.6. The van der Waals surface area contributed by atoms with Crippen molar-refractivity contribution in [3.8, 4) is 11.5 Å². The second-order valence-electron chi connectivity index (χ2n) is 8.24. The first-order valence-electron chi connectivity index (χ1n) is 12.3. The highest BCUT2D eigenvalue weighted by atomic mass is 16.5. The number of nitrogens with one attached hydrogen (secondary N) is 1. The molecule has 0 radical (unpaired) electrons. The Hall–Kier alpha value is -2.57. The molecule has 0 fully saturated rings.